The van der Waals surface area contributed by atoms with Crippen LogP contribution in [-0.2, 0) is 39.1 Å². The van der Waals surface area contributed by atoms with E-state index in [0.717, 1.165) is 45.3 Å². The number of hydrogen-bond acceptors (Lipinski definition) is 9. The highest BCUT2D eigenvalue weighted by Gasteiger charge is 2.38. The summed E-state index contributed by atoms with van der Waals surface area (Å²) in [7, 11) is 0. The van der Waals surface area contributed by atoms with Crippen molar-refractivity contribution in [2.75, 3.05) is 6.54 Å². The summed E-state index contributed by atoms with van der Waals surface area (Å²) in [5, 5.41) is 0.460. The number of amides is 7. The minimum atomic E-state index is -0.512. The van der Waals surface area contributed by atoms with Crippen molar-refractivity contribution < 1.29 is 33.6 Å². The Morgan fingerprint density at radius 2 is 1.24 bits per heavy atom. The van der Waals surface area contributed by atoms with Crippen molar-refractivity contribution in [3.63, 3.8) is 0 Å². The van der Waals surface area contributed by atoms with Crippen molar-refractivity contribution in [3.8, 4) is 0 Å². The Kier molecular flexibility index (Phi) is 18.7. The van der Waals surface area contributed by atoms with Crippen LogP contribution < -0.4 is 5.56 Å². The van der Waals surface area contributed by atoms with Crippen LogP contribution in [0.1, 0.15) is 89.0 Å². The molecule has 0 spiro atoms. The zero-order chi connectivity index (χ0) is 45.3. The van der Waals surface area contributed by atoms with E-state index in [9.17, 15) is 38.4 Å². The van der Waals surface area contributed by atoms with E-state index in [-0.39, 0.29) is 67.9 Å². The lowest BCUT2D eigenvalue weighted by atomic mass is 10.0. The second-order valence-electron chi connectivity index (χ2n) is 15.8. The van der Waals surface area contributed by atoms with E-state index in [1.165, 1.54) is 34.7 Å². The molecule has 1 atom stereocenters. The van der Waals surface area contributed by atoms with Crippen molar-refractivity contribution in [1.82, 2.24) is 23.6 Å². The summed E-state index contributed by atoms with van der Waals surface area (Å²) in [6.45, 7) is 25.5. The Morgan fingerprint density at radius 1 is 0.746 bits per heavy atom. The highest BCUT2D eigenvalue weighted by molar-refractivity contribution is 7.13. The van der Waals surface area contributed by atoms with E-state index >= 15 is 0 Å². The van der Waals surface area contributed by atoms with Gasteiger partial charge >= 0.3 is 0 Å². The molecule has 5 heterocycles. The molecule has 0 radical (unpaired) electrons. The maximum atomic E-state index is 11.9. The summed E-state index contributed by atoms with van der Waals surface area (Å²) < 4.78 is 2.89. The summed E-state index contributed by atoms with van der Waals surface area (Å²) in [4.78, 5) is 94.7. The molecule has 13 nitrogen and oxygen atoms in total. The lowest BCUT2D eigenvalue weighted by molar-refractivity contribution is -0.140. The predicted molar refractivity (Wildman–Crippen MR) is 234 cm³/mol. The third kappa shape index (κ3) is 12.8. The van der Waals surface area contributed by atoms with Crippen LogP contribution in [0.15, 0.2) is 75.0 Å². The Morgan fingerprint density at radius 3 is 1.58 bits per heavy atom. The van der Waals surface area contributed by atoms with E-state index in [0.29, 0.717) is 12.0 Å². The number of aromatic nitrogens is 1. The van der Waals surface area contributed by atoms with Crippen LogP contribution in [0.4, 0.5) is 0 Å². The molecule has 0 N–H and O–H groups in total. The summed E-state index contributed by atoms with van der Waals surface area (Å²) >= 11 is 17.9. The van der Waals surface area contributed by atoms with Gasteiger partial charge in [0.15, 0.2) is 0 Å². The Hall–Kier alpha value is -4.37. The van der Waals surface area contributed by atoms with Crippen molar-refractivity contribution >= 4 is 97.8 Å². The number of carbonyl (C=O) groups excluding carboxylic acids is 7. The molecule has 7 amide bonds. The first-order valence-corrected chi connectivity index (χ1v) is 21.0. The molecular weight excluding hydrogens is 841 g/mol. The third-order valence-electron chi connectivity index (χ3n) is 8.94. The zero-order valence-corrected chi connectivity index (χ0v) is 38.5. The maximum absolute atomic E-state index is 11.9. The van der Waals surface area contributed by atoms with Crippen LogP contribution in [0.5, 0.6) is 0 Å². The van der Waals surface area contributed by atoms with Gasteiger partial charge in [-0.25, -0.2) is 0 Å². The quantitative estimate of drug-likeness (QED) is 0.224. The molecule has 1 aromatic heterocycles. The fourth-order valence-corrected chi connectivity index (χ4v) is 7.69. The highest BCUT2D eigenvalue weighted by Crippen LogP contribution is 2.28. The molecular formula is C42H54Cl3N5O8S. The van der Waals surface area contributed by atoms with Crippen LogP contribution in [-0.4, -0.2) is 95.6 Å². The monoisotopic (exact) mass is 893 g/mol. The van der Waals surface area contributed by atoms with Gasteiger partial charge in [0.1, 0.15) is 15.1 Å². The van der Waals surface area contributed by atoms with Crippen LogP contribution in [0, 0.1) is 5.92 Å². The van der Waals surface area contributed by atoms with Crippen molar-refractivity contribution in [2.45, 2.75) is 119 Å². The Bertz CT molecular complexity index is 2070. The molecule has 1 unspecified atom stereocenters. The molecule has 0 aliphatic carbocycles. The van der Waals surface area contributed by atoms with E-state index in [4.69, 9.17) is 34.8 Å². The molecule has 1 fully saturated rings. The average Bonchev–Trinajstić information content (AvgIpc) is 3.95. The van der Waals surface area contributed by atoms with Gasteiger partial charge < -0.3 is 4.90 Å². The number of halogens is 3. The standard InChI is InChI=1S/C11H13NOS.C10H17NO.C7H7Cl2NO2.C7H8ClNO2.C7H9NO2/c1-11(2,3)12-10(13)8-6-4-5-7-9(8)14-12;1-4-10(12)11-7-5-6-9(11)8(2)3;1-3(2)10-6(11)4(8)5(9)7(10)12;1-4(2)9-6(10)3-5(8)7(9)11;1-5(2)8-6(9)3-4-7(8)10/h4-7H,1-3H3;4,8-9H,1,5-7H2,2-3H3;3H,1-2H3;3-4H,1-2H3;3-5H,1-2H3. The van der Waals surface area contributed by atoms with Gasteiger partial charge in [0, 0.05) is 48.9 Å². The summed E-state index contributed by atoms with van der Waals surface area (Å²) in [6.07, 6.45) is 7.44. The molecule has 59 heavy (non-hydrogen) atoms. The molecule has 4 aliphatic heterocycles. The second-order valence-corrected chi connectivity index (χ2v) is 18.0. The topological polar surface area (TPSA) is 154 Å². The molecule has 1 aromatic carbocycles. The smallest absolute Gasteiger partial charge is 0.274 e. The van der Waals surface area contributed by atoms with E-state index in [1.807, 2.05) is 67.7 Å². The average molecular weight is 895 g/mol. The third-order valence-corrected chi connectivity index (χ3v) is 11.5. The first kappa shape index (κ1) is 50.8. The van der Waals surface area contributed by atoms with Gasteiger partial charge in [-0.05, 0) is 99.3 Å². The fraction of sp³-hybridized carbons (Fsp3) is 0.476. The van der Waals surface area contributed by atoms with Crippen LogP contribution >= 0.6 is 46.3 Å². The predicted octanol–water partition coefficient (Wildman–Crippen LogP) is 7.30. The van der Waals surface area contributed by atoms with Gasteiger partial charge in [0.05, 0.1) is 15.6 Å². The van der Waals surface area contributed by atoms with Crippen LogP contribution in [0.2, 0.25) is 0 Å². The Balaban J connectivity index is 0.000000255. The number of benzene rings is 1. The molecule has 0 bridgehead atoms. The first-order valence-electron chi connectivity index (χ1n) is 19.1. The minimum Gasteiger partial charge on any atom is -0.336 e. The number of rotatable bonds is 5. The second kappa shape index (κ2) is 21.8. The van der Waals surface area contributed by atoms with Crippen molar-refractivity contribution in [2.24, 2.45) is 5.92 Å². The minimum absolute atomic E-state index is 0.00343. The number of carbonyl (C=O) groups is 7. The van der Waals surface area contributed by atoms with Crippen LogP contribution in [0.3, 0.4) is 0 Å². The summed E-state index contributed by atoms with van der Waals surface area (Å²) in [6, 6.07) is 7.82. The number of fused-ring (bicyclic) bond motifs is 1. The summed E-state index contributed by atoms with van der Waals surface area (Å²) in [5.41, 5.74) is -0.000995. The Labute approximate surface area is 365 Å². The molecule has 0 saturated carbocycles. The number of imide groups is 3. The van der Waals surface area contributed by atoms with Crippen molar-refractivity contribution in [1.29, 1.82) is 0 Å². The van der Waals surface area contributed by atoms with Crippen molar-refractivity contribution in [3.05, 3.63) is 80.6 Å². The number of likely N-dealkylation sites (tertiary alicyclic amines) is 1. The molecule has 17 heteroatoms. The van der Waals surface area contributed by atoms with Gasteiger partial charge in [-0.1, -0.05) is 78.9 Å². The summed E-state index contributed by atoms with van der Waals surface area (Å²) in [5.74, 6) is -1.51. The van der Waals surface area contributed by atoms with Gasteiger partial charge in [-0.15, -0.1) is 0 Å². The normalized spacial score (nSPS) is 17.8. The molecule has 1 saturated heterocycles. The molecule has 4 aliphatic rings. The van der Waals surface area contributed by atoms with Crippen LogP contribution in [0.25, 0.3) is 10.1 Å². The van der Waals surface area contributed by atoms with Gasteiger partial charge in [-0.2, -0.15) is 0 Å². The lowest BCUT2D eigenvalue weighted by Crippen LogP contribution is -2.37. The lowest BCUT2D eigenvalue weighted by Gasteiger charge is -2.26. The SMILES string of the molecule is C=CC(=O)N1CCCC1C(C)C.CC(C)(C)n1sc2ccccc2c1=O.CC(C)N1C(=O)C(Cl)=C(Cl)C1=O.CC(C)N1C(=O)C=C(Cl)C1=O.CC(C)N1C(=O)C=CC1=O. The van der Waals surface area contributed by atoms with E-state index < -0.39 is 17.7 Å². The molecule has 2 aromatic rings. The van der Waals surface area contributed by atoms with Gasteiger partial charge in [-0.3, -0.25) is 57.0 Å². The van der Waals surface area contributed by atoms with Gasteiger partial charge in [0.25, 0.3) is 41.0 Å². The first-order chi connectivity index (χ1) is 27.3. The number of hydrogen-bond donors (Lipinski definition) is 0. The fourth-order valence-electron chi connectivity index (χ4n) is 6.12. The number of nitrogens with zero attached hydrogens (tertiary/aromatic N) is 5. The van der Waals surface area contributed by atoms with Gasteiger partial charge in [0.2, 0.25) is 5.91 Å². The van der Waals surface area contributed by atoms with E-state index in [2.05, 4.69) is 20.4 Å². The molecule has 6 rings (SSSR count). The van der Waals surface area contributed by atoms with E-state index in [1.54, 1.807) is 27.7 Å². The molecule has 322 valence electrons. The zero-order valence-electron chi connectivity index (χ0n) is 35.4. The highest BCUT2D eigenvalue weighted by atomic mass is 35.5. The maximum Gasteiger partial charge on any atom is 0.274 e. The largest absolute Gasteiger partial charge is 0.336 e.